The van der Waals surface area contributed by atoms with Crippen molar-refractivity contribution >= 4 is 44.8 Å². The summed E-state index contributed by atoms with van der Waals surface area (Å²) in [6, 6.07) is 17.1. The summed E-state index contributed by atoms with van der Waals surface area (Å²) in [5, 5.41) is 10.6. The first-order chi connectivity index (χ1) is 17.6. The van der Waals surface area contributed by atoms with Gasteiger partial charge in [0.05, 0.1) is 0 Å². The summed E-state index contributed by atoms with van der Waals surface area (Å²) in [5.74, 6) is -1.94. The van der Waals surface area contributed by atoms with E-state index in [9.17, 15) is 23.1 Å². The number of carbonyl (C=O) groups is 2. The summed E-state index contributed by atoms with van der Waals surface area (Å²) >= 11 is 7.00. The number of benzene rings is 2. The lowest BCUT2D eigenvalue weighted by molar-refractivity contribution is -0.140. The monoisotopic (exact) mass is 559 g/mol. The summed E-state index contributed by atoms with van der Waals surface area (Å²) < 4.78 is 28.9. The maximum Gasteiger partial charge on any atom is 0.325 e. The summed E-state index contributed by atoms with van der Waals surface area (Å²) in [7, 11) is -2.09. The molecule has 2 aliphatic rings. The maximum atomic E-state index is 13.2. The molecule has 0 radical (unpaired) electrons. The molecular weight excluding hydrogens is 534 g/mol. The topological polar surface area (TPSA) is 107 Å². The number of carboxylic acids is 1. The molecule has 37 heavy (non-hydrogen) atoms. The van der Waals surface area contributed by atoms with Crippen LogP contribution in [0.4, 0.5) is 0 Å². The highest BCUT2D eigenvalue weighted by Crippen LogP contribution is 2.53. The largest absolute Gasteiger partial charge is 0.480 e. The van der Waals surface area contributed by atoms with E-state index in [4.69, 9.17) is 11.6 Å². The molecule has 0 unspecified atom stereocenters. The third-order valence-electron chi connectivity index (χ3n) is 6.96. The van der Waals surface area contributed by atoms with E-state index in [0.717, 1.165) is 34.9 Å². The number of sulfonamides is 1. The second-order valence-corrected chi connectivity index (χ2v) is 12.9. The van der Waals surface area contributed by atoms with Crippen LogP contribution in [0.3, 0.4) is 0 Å². The van der Waals surface area contributed by atoms with Gasteiger partial charge in [-0.25, -0.2) is 8.42 Å². The van der Waals surface area contributed by atoms with Gasteiger partial charge < -0.3 is 14.9 Å². The highest BCUT2D eigenvalue weighted by Gasteiger charge is 2.63. The van der Waals surface area contributed by atoms with Crippen LogP contribution in [-0.2, 0) is 14.8 Å². The number of hydrogen-bond donors (Lipinski definition) is 2. The Hall–Kier alpha value is -2.76. The normalized spacial score (nSPS) is 22.1. The molecule has 2 N–H and O–H groups in total. The Morgan fingerprint density at radius 3 is 2.43 bits per heavy atom. The van der Waals surface area contributed by atoms with Crippen molar-refractivity contribution in [1.82, 2.24) is 14.5 Å². The SMILES string of the molecule is CN1CCN(C(=O)c2cccc([C@@H]3C[C@]3(NS(=O)(=O)c3ccc(-c4ccc(Cl)cc4)s3)C(=O)O)c2)CC1. The first-order valence-corrected chi connectivity index (χ1v) is 14.5. The Labute approximate surface area is 224 Å². The number of thiophene rings is 1. The lowest BCUT2D eigenvalue weighted by atomic mass is 10.0. The van der Waals surface area contributed by atoms with Gasteiger partial charge in [-0.1, -0.05) is 35.9 Å². The molecule has 194 valence electrons. The van der Waals surface area contributed by atoms with Crippen LogP contribution in [0.15, 0.2) is 64.9 Å². The lowest BCUT2D eigenvalue weighted by Gasteiger charge is -2.32. The third kappa shape index (κ3) is 5.17. The van der Waals surface area contributed by atoms with Gasteiger partial charge in [-0.15, -0.1) is 11.3 Å². The molecule has 2 fully saturated rings. The quantitative estimate of drug-likeness (QED) is 0.457. The molecule has 11 heteroatoms. The molecule has 1 amide bonds. The van der Waals surface area contributed by atoms with Gasteiger partial charge in [0.25, 0.3) is 15.9 Å². The summed E-state index contributed by atoms with van der Waals surface area (Å²) in [6.07, 6.45) is 0.100. The van der Waals surface area contributed by atoms with Crippen molar-refractivity contribution in [3.63, 3.8) is 0 Å². The van der Waals surface area contributed by atoms with Gasteiger partial charge in [-0.05, 0) is 61.0 Å². The zero-order chi connectivity index (χ0) is 26.4. The van der Waals surface area contributed by atoms with Crippen LogP contribution in [0.25, 0.3) is 10.4 Å². The van der Waals surface area contributed by atoms with E-state index >= 15 is 0 Å². The molecule has 0 bridgehead atoms. The molecule has 1 aliphatic carbocycles. The Morgan fingerprint density at radius 2 is 1.76 bits per heavy atom. The molecule has 3 aromatic rings. The fourth-order valence-electron chi connectivity index (χ4n) is 4.66. The van der Waals surface area contributed by atoms with Crippen LogP contribution in [0.1, 0.15) is 28.3 Å². The molecule has 2 heterocycles. The van der Waals surface area contributed by atoms with Crippen molar-refractivity contribution in [1.29, 1.82) is 0 Å². The fourth-order valence-corrected chi connectivity index (χ4v) is 7.50. The van der Waals surface area contributed by atoms with E-state index in [1.807, 2.05) is 7.05 Å². The molecule has 2 aromatic carbocycles. The van der Waals surface area contributed by atoms with Gasteiger partial charge >= 0.3 is 5.97 Å². The summed E-state index contributed by atoms with van der Waals surface area (Å²) in [6.45, 7) is 2.84. The average molecular weight is 560 g/mol. The Morgan fingerprint density at radius 1 is 1.05 bits per heavy atom. The zero-order valence-corrected chi connectivity index (χ0v) is 22.4. The highest BCUT2D eigenvalue weighted by atomic mass is 35.5. The van der Waals surface area contributed by atoms with Crippen molar-refractivity contribution in [3.05, 3.63) is 76.8 Å². The number of piperazine rings is 1. The Balaban J connectivity index is 1.35. The van der Waals surface area contributed by atoms with Crippen LogP contribution in [-0.4, -0.2) is 74.0 Å². The number of carbonyl (C=O) groups excluding carboxylic acids is 1. The van der Waals surface area contributed by atoms with Crippen LogP contribution in [0, 0.1) is 0 Å². The second kappa shape index (κ2) is 9.85. The number of aliphatic carboxylic acids is 1. The molecule has 1 aliphatic heterocycles. The predicted octanol–water partition coefficient (Wildman–Crippen LogP) is 3.75. The number of halogens is 1. The summed E-state index contributed by atoms with van der Waals surface area (Å²) in [4.78, 5) is 30.0. The van der Waals surface area contributed by atoms with E-state index in [1.54, 1.807) is 59.5 Å². The number of rotatable bonds is 7. The second-order valence-electron chi connectivity index (χ2n) is 9.49. The molecular formula is C26H26ClN3O5S2. The zero-order valence-electron chi connectivity index (χ0n) is 20.1. The molecule has 8 nitrogen and oxygen atoms in total. The first-order valence-electron chi connectivity index (χ1n) is 11.8. The average Bonchev–Trinajstić information content (AvgIpc) is 3.37. The standard InChI is InChI=1S/C26H26ClN3O5S2/c1-29-11-13-30(14-12-29)24(31)19-4-2-3-18(15-19)21-16-26(21,25(32)33)28-37(34,35)23-10-9-22(36-23)17-5-7-20(27)8-6-17/h2-10,15,21,28H,11-14,16H2,1H3,(H,32,33)/t21-,26+/m0/s1. The molecule has 2 atom stereocenters. The number of hydrogen-bond acceptors (Lipinski definition) is 6. The van der Waals surface area contributed by atoms with Gasteiger partial charge in [0.15, 0.2) is 0 Å². The predicted molar refractivity (Wildman–Crippen MR) is 143 cm³/mol. The van der Waals surface area contributed by atoms with Crippen LogP contribution < -0.4 is 4.72 Å². The van der Waals surface area contributed by atoms with Crippen LogP contribution in [0.2, 0.25) is 5.02 Å². The van der Waals surface area contributed by atoms with Gasteiger partial charge in [0, 0.05) is 47.6 Å². The fraction of sp³-hybridized carbons (Fsp3) is 0.308. The summed E-state index contributed by atoms with van der Waals surface area (Å²) in [5.41, 5.74) is 0.244. The number of nitrogens with one attached hydrogen (secondary N) is 1. The molecule has 1 aromatic heterocycles. The third-order valence-corrected chi connectivity index (χ3v) is 10.3. The minimum atomic E-state index is -4.10. The molecule has 1 saturated heterocycles. The van der Waals surface area contributed by atoms with Gasteiger partial charge in [-0.2, -0.15) is 4.72 Å². The highest BCUT2D eigenvalue weighted by molar-refractivity contribution is 7.91. The van der Waals surface area contributed by atoms with Gasteiger partial charge in [0.2, 0.25) is 0 Å². The van der Waals surface area contributed by atoms with Crippen LogP contribution >= 0.6 is 22.9 Å². The molecule has 5 rings (SSSR count). The van der Waals surface area contributed by atoms with E-state index in [2.05, 4.69) is 9.62 Å². The van der Waals surface area contributed by atoms with E-state index in [1.165, 1.54) is 6.07 Å². The van der Waals surface area contributed by atoms with Crippen molar-refractivity contribution in [2.75, 3.05) is 33.2 Å². The van der Waals surface area contributed by atoms with Crippen molar-refractivity contribution in [3.8, 4) is 10.4 Å². The number of likely N-dealkylation sites (N-methyl/N-ethyl adjacent to an activating group) is 1. The van der Waals surface area contributed by atoms with E-state index in [-0.39, 0.29) is 16.5 Å². The van der Waals surface area contributed by atoms with E-state index in [0.29, 0.717) is 29.2 Å². The molecule has 0 spiro atoms. The van der Waals surface area contributed by atoms with Gasteiger partial charge in [-0.3, -0.25) is 9.59 Å². The lowest BCUT2D eigenvalue weighted by Crippen LogP contribution is -2.47. The Kier molecular flexibility index (Phi) is 6.88. The molecule has 1 saturated carbocycles. The van der Waals surface area contributed by atoms with Crippen LogP contribution in [0.5, 0.6) is 0 Å². The smallest absolute Gasteiger partial charge is 0.325 e. The minimum absolute atomic E-state index is 0.0303. The van der Waals surface area contributed by atoms with Crippen molar-refractivity contribution < 1.29 is 23.1 Å². The van der Waals surface area contributed by atoms with Crippen molar-refractivity contribution in [2.45, 2.75) is 22.1 Å². The van der Waals surface area contributed by atoms with Crippen molar-refractivity contribution in [2.24, 2.45) is 0 Å². The first kappa shape index (κ1) is 25.9. The van der Waals surface area contributed by atoms with E-state index < -0.39 is 27.4 Å². The number of carboxylic acid groups (broad SMARTS) is 1. The minimum Gasteiger partial charge on any atom is -0.480 e. The number of nitrogens with zero attached hydrogens (tertiary/aromatic N) is 2. The Bertz CT molecular complexity index is 1450. The maximum absolute atomic E-state index is 13.2. The van der Waals surface area contributed by atoms with Gasteiger partial charge in [0.1, 0.15) is 9.75 Å². The number of amides is 1.